The number of rotatable bonds is 7. The number of amides is 3. The third kappa shape index (κ3) is 3.64. The van der Waals surface area contributed by atoms with Crippen molar-refractivity contribution in [1.29, 1.82) is 0 Å². The van der Waals surface area contributed by atoms with Gasteiger partial charge in [0.2, 0.25) is 6.41 Å². The molecule has 0 bridgehead atoms. The third-order valence-electron chi connectivity index (χ3n) is 3.67. The molecular weight excluding hydrogens is 398 g/mol. The Hall–Kier alpha value is -2.93. The number of thioether (sulfide) groups is 1. The molecular formula is C14H13N5O6S2. The molecule has 0 spiro atoms. The number of carbonyl (C=O) groups is 4. The molecule has 1 aromatic heterocycles. The van der Waals surface area contributed by atoms with Crippen molar-refractivity contribution in [2.45, 2.75) is 11.4 Å². The Morgan fingerprint density at radius 2 is 2.30 bits per heavy atom. The number of aromatic nitrogens is 1. The Balaban J connectivity index is 1.72. The van der Waals surface area contributed by atoms with E-state index in [1.54, 1.807) is 0 Å². The topological polar surface area (TPSA) is 150 Å². The first kappa shape index (κ1) is 18.8. The number of nitrogens with one attached hydrogen (secondary N) is 2. The molecule has 1 aromatic rings. The summed E-state index contributed by atoms with van der Waals surface area (Å²) in [6, 6.07) is -0.817. The zero-order valence-corrected chi connectivity index (χ0v) is 15.4. The summed E-state index contributed by atoms with van der Waals surface area (Å²) in [7, 11) is 1.26. The smallest absolute Gasteiger partial charge is 0.333 e. The van der Waals surface area contributed by atoms with Gasteiger partial charge < -0.3 is 25.5 Å². The van der Waals surface area contributed by atoms with Gasteiger partial charge in [0.25, 0.3) is 11.8 Å². The lowest BCUT2D eigenvalue weighted by Crippen LogP contribution is -2.69. The number of aliphatic carboxylic acids is 1. The number of anilines is 1. The first-order valence-corrected chi connectivity index (χ1v) is 9.35. The molecule has 2 atom stereocenters. The molecule has 1 unspecified atom stereocenters. The monoisotopic (exact) mass is 411 g/mol. The molecule has 0 aromatic carbocycles. The van der Waals surface area contributed by atoms with Crippen LogP contribution in [-0.4, -0.2) is 69.2 Å². The van der Waals surface area contributed by atoms with Gasteiger partial charge in [-0.25, -0.2) is 9.78 Å². The second-order valence-electron chi connectivity index (χ2n) is 5.28. The van der Waals surface area contributed by atoms with Gasteiger partial charge >= 0.3 is 5.97 Å². The second kappa shape index (κ2) is 7.75. The predicted octanol–water partition coefficient (Wildman–Crippen LogP) is -0.570. The van der Waals surface area contributed by atoms with Crippen molar-refractivity contribution in [2.75, 3.05) is 18.2 Å². The van der Waals surface area contributed by atoms with Crippen LogP contribution in [-0.2, 0) is 24.0 Å². The number of nitrogens with zero attached hydrogens (tertiary/aromatic N) is 3. The van der Waals surface area contributed by atoms with E-state index in [0.717, 1.165) is 11.3 Å². The summed E-state index contributed by atoms with van der Waals surface area (Å²) in [4.78, 5) is 56.3. The summed E-state index contributed by atoms with van der Waals surface area (Å²) in [6.45, 7) is 0. The van der Waals surface area contributed by atoms with Crippen molar-refractivity contribution in [3.63, 3.8) is 0 Å². The van der Waals surface area contributed by atoms with Crippen LogP contribution >= 0.6 is 23.1 Å². The fraction of sp³-hybridized carbons (Fsp3) is 0.286. The van der Waals surface area contributed by atoms with Crippen molar-refractivity contribution >= 4 is 58.1 Å². The van der Waals surface area contributed by atoms with Crippen LogP contribution in [0.3, 0.4) is 0 Å². The zero-order chi connectivity index (χ0) is 19.6. The molecule has 142 valence electrons. The maximum absolute atomic E-state index is 12.6. The number of hydrogen-bond acceptors (Lipinski definition) is 9. The van der Waals surface area contributed by atoms with E-state index in [9.17, 15) is 19.2 Å². The van der Waals surface area contributed by atoms with E-state index in [1.165, 1.54) is 35.4 Å². The van der Waals surface area contributed by atoms with Crippen LogP contribution in [0.15, 0.2) is 22.3 Å². The van der Waals surface area contributed by atoms with Gasteiger partial charge in [-0.1, -0.05) is 5.16 Å². The SMILES string of the molecule is CON=C(C(=O)NC1C(=O)N2C=C(C(=O)O)CS[C@H]12)c1csc(NC=O)n1. The number of carbonyl (C=O) groups excluding carboxylic acids is 3. The molecule has 0 radical (unpaired) electrons. The second-order valence-corrected chi connectivity index (χ2v) is 7.24. The lowest BCUT2D eigenvalue weighted by molar-refractivity contribution is -0.144. The van der Waals surface area contributed by atoms with Crippen molar-refractivity contribution in [1.82, 2.24) is 15.2 Å². The van der Waals surface area contributed by atoms with Crippen LogP contribution in [0.25, 0.3) is 0 Å². The van der Waals surface area contributed by atoms with Crippen LogP contribution in [0.5, 0.6) is 0 Å². The molecule has 3 N–H and O–H groups in total. The summed E-state index contributed by atoms with van der Waals surface area (Å²) >= 11 is 2.34. The fourth-order valence-corrected chi connectivity index (χ4v) is 4.34. The van der Waals surface area contributed by atoms with E-state index >= 15 is 0 Å². The zero-order valence-electron chi connectivity index (χ0n) is 13.7. The molecule has 3 amide bonds. The summed E-state index contributed by atoms with van der Waals surface area (Å²) in [6.07, 6.45) is 1.74. The van der Waals surface area contributed by atoms with Crippen molar-refractivity contribution in [2.24, 2.45) is 5.16 Å². The van der Waals surface area contributed by atoms with E-state index in [1.807, 2.05) is 0 Å². The average molecular weight is 411 g/mol. The Morgan fingerprint density at radius 1 is 1.52 bits per heavy atom. The van der Waals surface area contributed by atoms with E-state index in [4.69, 9.17) is 5.11 Å². The summed E-state index contributed by atoms with van der Waals surface area (Å²) in [5.41, 5.74) is 0.145. The molecule has 0 saturated carbocycles. The average Bonchev–Trinajstić information content (AvgIpc) is 3.11. The standard InChI is InChI=1S/C14H13N5O6S2/c1-25-18-8(7-4-27-14(16-7)15-5-20)10(21)17-9-11(22)19-2-6(13(23)24)3-26-12(9)19/h2,4-5,9,12H,3H2,1H3,(H,17,21)(H,23,24)(H,15,16,20)/t9?,12-/m1/s1. The molecule has 3 heterocycles. The van der Waals surface area contributed by atoms with Crippen LogP contribution in [0.1, 0.15) is 5.69 Å². The van der Waals surface area contributed by atoms with E-state index in [0.29, 0.717) is 6.41 Å². The number of β-lactam (4-membered cyclic amide) rings is 1. The molecule has 1 saturated heterocycles. The van der Waals surface area contributed by atoms with E-state index in [-0.39, 0.29) is 27.9 Å². The highest BCUT2D eigenvalue weighted by atomic mass is 32.2. The van der Waals surface area contributed by atoms with Gasteiger partial charge in [-0.15, -0.1) is 23.1 Å². The Morgan fingerprint density at radius 3 is 2.96 bits per heavy atom. The maximum atomic E-state index is 12.6. The van der Waals surface area contributed by atoms with Crippen LogP contribution < -0.4 is 10.6 Å². The van der Waals surface area contributed by atoms with Gasteiger partial charge in [0.1, 0.15) is 24.2 Å². The first-order chi connectivity index (χ1) is 13.0. The van der Waals surface area contributed by atoms with Crippen molar-refractivity contribution < 1.29 is 29.1 Å². The highest BCUT2D eigenvalue weighted by Crippen LogP contribution is 2.36. The molecule has 11 nitrogen and oxygen atoms in total. The fourth-order valence-electron chi connectivity index (χ4n) is 2.43. The normalized spacial score (nSPS) is 21.5. The minimum atomic E-state index is -1.08. The van der Waals surface area contributed by atoms with Gasteiger partial charge in [-0.05, 0) is 0 Å². The van der Waals surface area contributed by atoms with Crippen LogP contribution in [0, 0.1) is 0 Å². The first-order valence-electron chi connectivity index (χ1n) is 7.42. The summed E-state index contributed by atoms with van der Waals surface area (Å²) in [5.74, 6) is -1.95. The quantitative estimate of drug-likeness (QED) is 0.234. The molecule has 0 aliphatic carbocycles. The van der Waals surface area contributed by atoms with E-state index in [2.05, 4.69) is 25.6 Å². The molecule has 2 aliphatic rings. The minimum Gasteiger partial charge on any atom is -0.478 e. The Kier molecular flexibility index (Phi) is 5.41. The molecule has 3 rings (SSSR count). The van der Waals surface area contributed by atoms with E-state index < -0.39 is 29.2 Å². The number of carboxylic acids is 1. The third-order valence-corrected chi connectivity index (χ3v) is 5.76. The Labute approximate surface area is 160 Å². The number of thiazole rings is 1. The Bertz CT molecular complexity index is 866. The summed E-state index contributed by atoms with van der Waals surface area (Å²) < 4.78 is 0. The highest BCUT2D eigenvalue weighted by molar-refractivity contribution is 8.00. The van der Waals surface area contributed by atoms with Gasteiger partial charge in [-0.3, -0.25) is 14.4 Å². The van der Waals surface area contributed by atoms with Gasteiger partial charge in [0.05, 0.1) is 5.57 Å². The van der Waals surface area contributed by atoms with Gasteiger partial charge in [0, 0.05) is 17.3 Å². The molecule has 1 fully saturated rings. The molecule has 13 heteroatoms. The molecule has 2 aliphatic heterocycles. The number of oxime groups is 1. The lowest BCUT2D eigenvalue weighted by Gasteiger charge is -2.46. The summed E-state index contributed by atoms with van der Waals surface area (Å²) in [5, 5.41) is 19.0. The van der Waals surface area contributed by atoms with Gasteiger partial charge in [-0.2, -0.15) is 0 Å². The highest BCUT2D eigenvalue weighted by Gasteiger charge is 2.50. The molecule has 27 heavy (non-hydrogen) atoms. The largest absolute Gasteiger partial charge is 0.478 e. The number of fused-ring (bicyclic) bond motifs is 1. The predicted molar refractivity (Wildman–Crippen MR) is 96.1 cm³/mol. The van der Waals surface area contributed by atoms with Gasteiger partial charge in [0.15, 0.2) is 10.8 Å². The number of hydrogen-bond donors (Lipinski definition) is 3. The number of carboxylic acid groups (broad SMARTS) is 1. The minimum absolute atomic E-state index is 0.119. The van der Waals surface area contributed by atoms with Crippen molar-refractivity contribution in [3.8, 4) is 0 Å². The van der Waals surface area contributed by atoms with Crippen LogP contribution in [0.4, 0.5) is 5.13 Å². The lowest BCUT2D eigenvalue weighted by atomic mass is 10.1. The van der Waals surface area contributed by atoms with Crippen LogP contribution in [0.2, 0.25) is 0 Å². The maximum Gasteiger partial charge on any atom is 0.333 e. The van der Waals surface area contributed by atoms with Crippen molar-refractivity contribution in [3.05, 3.63) is 22.8 Å².